The van der Waals surface area contributed by atoms with Crippen molar-refractivity contribution in [1.29, 1.82) is 0 Å². The molecule has 148 valence electrons. The molecule has 6 heteroatoms. The number of fused-ring (bicyclic) bond motifs is 3. The third kappa shape index (κ3) is 1.86. The van der Waals surface area contributed by atoms with Gasteiger partial charge < -0.3 is 19.9 Å². The molecule has 7 rings (SSSR count). The summed E-state index contributed by atoms with van der Waals surface area (Å²) in [4.78, 5) is 26.3. The molecule has 28 heavy (non-hydrogen) atoms. The zero-order valence-corrected chi connectivity index (χ0v) is 16.0. The second-order valence-corrected chi connectivity index (χ2v) is 9.43. The van der Waals surface area contributed by atoms with Crippen molar-refractivity contribution < 1.29 is 24.2 Å². The first-order valence-electron chi connectivity index (χ1n) is 10.4. The summed E-state index contributed by atoms with van der Waals surface area (Å²) in [6.07, 6.45) is 5.21. The van der Waals surface area contributed by atoms with Crippen LogP contribution in [0.3, 0.4) is 0 Å². The summed E-state index contributed by atoms with van der Waals surface area (Å²) in [6, 6.07) is 3.43. The number of methoxy groups -OCH3 is 1. The van der Waals surface area contributed by atoms with Crippen LogP contribution in [0.25, 0.3) is 0 Å². The first kappa shape index (κ1) is 17.0. The number of hydrogen-bond acceptors (Lipinski definition) is 6. The molecule has 5 fully saturated rings. The minimum Gasteiger partial charge on any atom is -0.497 e. The van der Waals surface area contributed by atoms with Crippen LogP contribution in [0.1, 0.15) is 60.0 Å². The zero-order chi connectivity index (χ0) is 19.3. The van der Waals surface area contributed by atoms with Crippen molar-refractivity contribution in [3.05, 3.63) is 28.8 Å². The molecule has 3 aliphatic carbocycles. The van der Waals surface area contributed by atoms with Gasteiger partial charge in [-0.15, -0.1) is 0 Å². The number of carbonyl (C=O) groups is 2. The van der Waals surface area contributed by atoms with Crippen LogP contribution < -0.4 is 10.1 Å². The standard InChI is InChI=1S/C22H25NO5/c1-27-14-9-13(8-12-2-3-12)16-15(10-14)20-6-7-23-18(17(16)24)22(20)5-4-21(26,11-20)19(25)28-22/h9-10,12,18,23,26H,2-8,11H2,1H3. The van der Waals surface area contributed by atoms with E-state index in [0.29, 0.717) is 31.7 Å². The van der Waals surface area contributed by atoms with Crippen molar-refractivity contribution >= 4 is 11.8 Å². The molecule has 0 radical (unpaired) electrons. The summed E-state index contributed by atoms with van der Waals surface area (Å²) in [5, 5.41) is 14.4. The van der Waals surface area contributed by atoms with Crippen LogP contribution in [0, 0.1) is 5.92 Å². The number of carbonyl (C=O) groups excluding carboxylic acids is 2. The fourth-order valence-corrected chi connectivity index (χ4v) is 6.49. The maximum atomic E-state index is 13.7. The van der Waals surface area contributed by atoms with Crippen LogP contribution >= 0.6 is 0 Å². The second-order valence-electron chi connectivity index (χ2n) is 9.43. The Labute approximate surface area is 163 Å². The van der Waals surface area contributed by atoms with Crippen molar-refractivity contribution in [2.75, 3.05) is 13.7 Å². The smallest absolute Gasteiger partial charge is 0.338 e. The van der Waals surface area contributed by atoms with E-state index in [2.05, 4.69) is 5.32 Å². The average Bonchev–Trinajstić information content (AvgIpc) is 3.49. The lowest BCUT2D eigenvalue weighted by Gasteiger charge is -2.67. The number of ether oxygens (including phenoxy) is 2. The molecule has 4 atom stereocenters. The summed E-state index contributed by atoms with van der Waals surface area (Å²) in [7, 11) is 1.65. The van der Waals surface area contributed by atoms with Crippen molar-refractivity contribution in [2.24, 2.45) is 5.92 Å². The van der Waals surface area contributed by atoms with E-state index < -0.39 is 28.6 Å². The van der Waals surface area contributed by atoms with Gasteiger partial charge in [0.2, 0.25) is 0 Å². The first-order valence-corrected chi connectivity index (χ1v) is 10.4. The lowest BCUT2D eigenvalue weighted by molar-refractivity contribution is -0.253. The Hall–Kier alpha value is -1.92. The predicted octanol–water partition coefficient (Wildman–Crippen LogP) is 1.65. The van der Waals surface area contributed by atoms with Gasteiger partial charge in [0.05, 0.1) is 7.11 Å². The number of ketones is 1. The quantitative estimate of drug-likeness (QED) is 0.773. The van der Waals surface area contributed by atoms with Crippen LogP contribution in [0.15, 0.2) is 12.1 Å². The molecule has 1 aromatic rings. The molecule has 3 saturated heterocycles. The monoisotopic (exact) mass is 383 g/mol. The normalized spacial score (nSPS) is 40.6. The molecule has 4 unspecified atom stereocenters. The number of nitrogens with one attached hydrogen (secondary N) is 1. The van der Waals surface area contributed by atoms with E-state index in [4.69, 9.17) is 9.47 Å². The minimum absolute atomic E-state index is 0.0313. The van der Waals surface area contributed by atoms with Crippen LogP contribution in [0.2, 0.25) is 0 Å². The van der Waals surface area contributed by atoms with Crippen molar-refractivity contribution in [2.45, 2.75) is 67.6 Å². The molecule has 1 aromatic carbocycles. The third-order valence-corrected chi connectivity index (χ3v) is 7.99. The van der Waals surface area contributed by atoms with Crippen molar-refractivity contribution in [1.82, 2.24) is 5.32 Å². The first-order chi connectivity index (χ1) is 13.4. The minimum atomic E-state index is -1.46. The van der Waals surface area contributed by atoms with E-state index in [9.17, 15) is 14.7 Å². The number of benzene rings is 1. The van der Waals surface area contributed by atoms with Gasteiger partial charge in [-0.1, -0.05) is 0 Å². The molecule has 2 saturated carbocycles. The summed E-state index contributed by atoms with van der Waals surface area (Å²) in [6.45, 7) is 0.667. The highest BCUT2D eigenvalue weighted by Gasteiger charge is 2.75. The van der Waals surface area contributed by atoms with Gasteiger partial charge >= 0.3 is 5.97 Å². The number of aliphatic hydroxyl groups is 1. The number of piperidine rings is 1. The fourth-order valence-electron chi connectivity index (χ4n) is 6.49. The van der Waals surface area contributed by atoms with Crippen LogP contribution in [0.4, 0.5) is 0 Å². The molecule has 6 nitrogen and oxygen atoms in total. The Morgan fingerprint density at radius 3 is 2.79 bits per heavy atom. The molecule has 3 heterocycles. The Bertz CT molecular complexity index is 924. The molecule has 3 aliphatic heterocycles. The number of Topliss-reactive ketones (excluding diaryl/α,β-unsaturated/α-hetero) is 1. The molecule has 0 aromatic heterocycles. The third-order valence-electron chi connectivity index (χ3n) is 7.99. The van der Waals surface area contributed by atoms with Gasteiger partial charge in [0.1, 0.15) is 17.4 Å². The Morgan fingerprint density at radius 1 is 1.25 bits per heavy atom. The van der Waals surface area contributed by atoms with Gasteiger partial charge in [0.25, 0.3) is 0 Å². The molecule has 2 N–H and O–H groups in total. The fraction of sp³-hybridized carbons (Fsp3) is 0.636. The van der Waals surface area contributed by atoms with Crippen molar-refractivity contribution in [3.63, 3.8) is 0 Å². The number of hydrogen-bond donors (Lipinski definition) is 2. The molecule has 6 aliphatic rings. The second kappa shape index (κ2) is 5.16. The Kier molecular flexibility index (Phi) is 3.13. The SMILES string of the molecule is COc1cc(CC2CC2)c2c(c1)C13CCNC(C2=O)C12CCC(O)(C3)C(=O)O2. The molecule has 1 spiro atoms. The maximum absolute atomic E-state index is 13.7. The van der Waals surface area contributed by atoms with E-state index in [0.717, 1.165) is 35.3 Å². The van der Waals surface area contributed by atoms with Gasteiger partial charge in [-0.3, -0.25) is 4.79 Å². The van der Waals surface area contributed by atoms with Crippen LogP contribution in [0.5, 0.6) is 5.75 Å². The van der Waals surface area contributed by atoms with Gasteiger partial charge in [-0.25, -0.2) is 4.79 Å². The zero-order valence-electron chi connectivity index (χ0n) is 16.0. The van der Waals surface area contributed by atoms with Crippen LogP contribution in [-0.2, 0) is 21.4 Å². The summed E-state index contributed by atoms with van der Waals surface area (Å²) >= 11 is 0. The summed E-state index contributed by atoms with van der Waals surface area (Å²) in [5.74, 6) is 0.836. The van der Waals surface area contributed by atoms with E-state index in [1.807, 2.05) is 12.1 Å². The highest BCUT2D eigenvalue weighted by Crippen LogP contribution is 2.64. The van der Waals surface area contributed by atoms with E-state index >= 15 is 0 Å². The van der Waals surface area contributed by atoms with Gasteiger partial charge in [-0.2, -0.15) is 0 Å². The Balaban J connectivity index is 1.63. The van der Waals surface area contributed by atoms with Crippen LogP contribution in [-0.4, -0.2) is 47.8 Å². The van der Waals surface area contributed by atoms with E-state index in [-0.39, 0.29) is 5.78 Å². The Morgan fingerprint density at radius 2 is 2.07 bits per heavy atom. The van der Waals surface area contributed by atoms with Gasteiger partial charge in [0.15, 0.2) is 11.4 Å². The van der Waals surface area contributed by atoms with Gasteiger partial charge in [0, 0.05) is 17.4 Å². The highest BCUT2D eigenvalue weighted by molar-refractivity contribution is 6.07. The van der Waals surface area contributed by atoms with E-state index in [1.165, 1.54) is 12.8 Å². The van der Waals surface area contributed by atoms with E-state index in [1.54, 1.807) is 7.11 Å². The average molecular weight is 383 g/mol. The number of esters is 1. The van der Waals surface area contributed by atoms with Gasteiger partial charge in [-0.05, 0) is 74.2 Å². The van der Waals surface area contributed by atoms with Crippen molar-refractivity contribution in [3.8, 4) is 5.75 Å². The molecule has 4 bridgehead atoms. The highest BCUT2D eigenvalue weighted by atomic mass is 16.6. The molecular weight excluding hydrogens is 358 g/mol. The maximum Gasteiger partial charge on any atom is 0.338 e. The molecular formula is C22H25NO5. The topological polar surface area (TPSA) is 84.9 Å². The predicted molar refractivity (Wildman–Crippen MR) is 99.5 cm³/mol. The lowest BCUT2D eigenvalue weighted by atomic mass is 9.45. The summed E-state index contributed by atoms with van der Waals surface area (Å²) in [5.41, 5.74) is -0.149. The molecule has 0 amide bonds. The largest absolute Gasteiger partial charge is 0.497 e. The summed E-state index contributed by atoms with van der Waals surface area (Å²) < 4.78 is 11.6. The lowest BCUT2D eigenvalue weighted by Crippen LogP contribution is -2.81. The number of rotatable bonds is 3.